The molecule has 0 aliphatic rings. The first-order valence-corrected chi connectivity index (χ1v) is 4.64. The van der Waals surface area contributed by atoms with Gasteiger partial charge in [0.25, 0.3) is 5.91 Å². The molecule has 1 atom stereocenters. The van der Waals surface area contributed by atoms with Gasteiger partial charge in [-0.15, -0.1) is 0 Å². The summed E-state index contributed by atoms with van der Waals surface area (Å²) in [6.45, 7) is 1.77. The van der Waals surface area contributed by atoms with E-state index in [1.165, 1.54) is 4.90 Å². The van der Waals surface area contributed by atoms with Gasteiger partial charge in [0.15, 0.2) is 0 Å². The lowest BCUT2D eigenvalue weighted by Crippen LogP contribution is -2.33. The molecular weight excluding hydrogens is 196 g/mol. The molecule has 0 aliphatic heterocycles. The van der Waals surface area contributed by atoms with Crippen molar-refractivity contribution in [3.63, 3.8) is 0 Å². The van der Waals surface area contributed by atoms with Gasteiger partial charge in [-0.3, -0.25) is 9.59 Å². The zero-order valence-electron chi connectivity index (χ0n) is 8.73. The molecule has 1 unspecified atom stereocenters. The number of carboxylic acids is 1. The fourth-order valence-corrected chi connectivity index (χ4v) is 1.24. The molecule has 0 saturated heterocycles. The molecule has 2 N–H and O–H groups in total. The molecule has 1 amide bonds. The van der Waals surface area contributed by atoms with E-state index in [-0.39, 0.29) is 12.5 Å². The molecule has 1 aromatic heterocycles. The lowest BCUT2D eigenvalue weighted by Gasteiger charge is -2.18. The Kier molecular flexibility index (Phi) is 3.49. The number of amides is 1. The van der Waals surface area contributed by atoms with Crippen LogP contribution in [0.2, 0.25) is 0 Å². The monoisotopic (exact) mass is 210 g/mol. The third-order valence-electron chi connectivity index (χ3n) is 2.14. The Hall–Kier alpha value is -1.78. The maximum absolute atomic E-state index is 11.7. The fraction of sp³-hybridized carbons (Fsp3) is 0.400. The summed E-state index contributed by atoms with van der Waals surface area (Å²) in [5.74, 6) is -1.66. The number of aromatic nitrogens is 1. The third-order valence-corrected chi connectivity index (χ3v) is 2.14. The van der Waals surface area contributed by atoms with Crippen LogP contribution in [-0.2, 0) is 4.79 Å². The molecule has 1 aromatic rings. The van der Waals surface area contributed by atoms with Crippen molar-refractivity contribution in [1.29, 1.82) is 0 Å². The summed E-state index contributed by atoms with van der Waals surface area (Å²) >= 11 is 0. The molecule has 0 saturated carbocycles. The molecule has 1 heterocycles. The highest BCUT2D eigenvalue weighted by Crippen LogP contribution is 2.04. The van der Waals surface area contributed by atoms with Crippen LogP contribution in [0.15, 0.2) is 18.3 Å². The van der Waals surface area contributed by atoms with E-state index < -0.39 is 11.9 Å². The summed E-state index contributed by atoms with van der Waals surface area (Å²) in [4.78, 5) is 26.4. The minimum absolute atomic E-state index is 0.201. The van der Waals surface area contributed by atoms with Crippen LogP contribution in [0.1, 0.15) is 17.4 Å². The third kappa shape index (κ3) is 2.83. The molecule has 0 fully saturated rings. The van der Waals surface area contributed by atoms with E-state index in [2.05, 4.69) is 4.98 Å². The van der Waals surface area contributed by atoms with Gasteiger partial charge in [-0.2, -0.15) is 0 Å². The minimum Gasteiger partial charge on any atom is -0.481 e. The first kappa shape index (κ1) is 11.3. The number of carbonyl (C=O) groups is 2. The Balaban J connectivity index is 2.58. The van der Waals surface area contributed by atoms with Crippen molar-refractivity contribution >= 4 is 11.9 Å². The first-order chi connectivity index (χ1) is 7.02. The Bertz CT molecular complexity index is 346. The van der Waals surface area contributed by atoms with Crippen LogP contribution in [0.3, 0.4) is 0 Å². The Morgan fingerprint density at radius 2 is 2.27 bits per heavy atom. The number of rotatable bonds is 4. The van der Waals surface area contributed by atoms with Gasteiger partial charge in [-0.1, -0.05) is 6.92 Å². The lowest BCUT2D eigenvalue weighted by molar-refractivity contribution is -0.141. The molecular formula is C10H14N2O3. The molecule has 5 nitrogen and oxygen atoms in total. The normalized spacial score (nSPS) is 12.1. The van der Waals surface area contributed by atoms with Crippen molar-refractivity contribution in [3.05, 3.63) is 24.0 Å². The predicted molar refractivity (Wildman–Crippen MR) is 54.6 cm³/mol. The summed E-state index contributed by atoms with van der Waals surface area (Å²) in [7, 11) is 1.59. The van der Waals surface area contributed by atoms with Crippen molar-refractivity contribution in [1.82, 2.24) is 9.88 Å². The Labute approximate surface area is 87.7 Å². The molecule has 0 aromatic carbocycles. The number of carbonyl (C=O) groups excluding carboxylic acids is 1. The van der Waals surface area contributed by atoms with Crippen molar-refractivity contribution in [2.45, 2.75) is 6.92 Å². The van der Waals surface area contributed by atoms with Crippen molar-refractivity contribution in [2.75, 3.05) is 13.6 Å². The second kappa shape index (κ2) is 4.63. The maximum atomic E-state index is 11.7. The smallest absolute Gasteiger partial charge is 0.308 e. The van der Waals surface area contributed by atoms with Gasteiger partial charge < -0.3 is 15.0 Å². The highest BCUT2D eigenvalue weighted by Gasteiger charge is 2.18. The van der Waals surface area contributed by atoms with Crippen LogP contribution < -0.4 is 0 Å². The van der Waals surface area contributed by atoms with Gasteiger partial charge in [-0.25, -0.2) is 0 Å². The number of nitrogens with zero attached hydrogens (tertiary/aromatic N) is 1. The molecule has 1 rings (SSSR count). The molecule has 0 radical (unpaired) electrons. The predicted octanol–water partition coefficient (Wildman–Crippen LogP) is 0.807. The lowest BCUT2D eigenvalue weighted by atomic mass is 10.2. The van der Waals surface area contributed by atoms with Crippen molar-refractivity contribution in [2.24, 2.45) is 5.92 Å². The Morgan fingerprint density at radius 3 is 2.73 bits per heavy atom. The summed E-state index contributed by atoms with van der Waals surface area (Å²) < 4.78 is 0. The zero-order valence-corrected chi connectivity index (χ0v) is 8.73. The quantitative estimate of drug-likeness (QED) is 0.772. The van der Waals surface area contributed by atoms with E-state index in [1.807, 2.05) is 0 Å². The number of nitrogens with one attached hydrogen (secondary N) is 1. The summed E-state index contributed by atoms with van der Waals surface area (Å²) in [6.07, 6.45) is 1.65. The molecule has 0 spiro atoms. The van der Waals surface area contributed by atoms with Gasteiger partial charge in [0.2, 0.25) is 0 Å². The number of carboxylic acid groups (broad SMARTS) is 1. The topological polar surface area (TPSA) is 73.4 Å². The SMILES string of the molecule is CC(CN(C)C(=O)c1ccc[nH]1)C(=O)O. The van der Waals surface area contributed by atoms with E-state index in [0.717, 1.165) is 0 Å². The fourth-order valence-electron chi connectivity index (χ4n) is 1.24. The van der Waals surface area contributed by atoms with Crippen LogP contribution in [0.25, 0.3) is 0 Å². The van der Waals surface area contributed by atoms with Crippen molar-refractivity contribution in [3.8, 4) is 0 Å². The first-order valence-electron chi connectivity index (χ1n) is 4.64. The van der Waals surface area contributed by atoms with E-state index >= 15 is 0 Å². The van der Waals surface area contributed by atoms with Gasteiger partial charge in [0.05, 0.1) is 5.92 Å². The second-order valence-electron chi connectivity index (χ2n) is 3.51. The molecule has 5 heteroatoms. The average molecular weight is 210 g/mol. The van der Waals surface area contributed by atoms with Gasteiger partial charge in [0, 0.05) is 19.8 Å². The zero-order chi connectivity index (χ0) is 11.4. The number of hydrogen-bond acceptors (Lipinski definition) is 2. The van der Waals surface area contributed by atoms with Crippen LogP contribution >= 0.6 is 0 Å². The molecule has 0 bridgehead atoms. The van der Waals surface area contributed by atoms with Crippen molar-refractivity contribution < 1.29 is 14.7 Å². The summed E-state index contributed by atoms with van der Waals surface area (Å²) in [5.41, 5.74) is 0.468. The van der Waals surface area contributed by atoms with Crippen LogP contribution in [0.4, 0.5) is 0 Å². The number of hydrogen-bond donors (Lipinski definition) is 2. The molecule has 82 valence electrons. The van der Waals surface area contributed by atoms with Gasteiger partial charge >= 0.3 is 5.97 Å². The highest BCUT2D eigenvalue weighted by atomic mass is 16.4. The Morgan fingerprint density at radius 1 is 1.60 bits per heavy atom. The number of aromatic amines is 1. The van der Waals surface area contributed by atoms with E-state index in [4.69, 9.17) is 5.11 Å². The van der Waals surface area contributed by atoms with Gasteiger partial charge in [0.1, 0.15) is 5.69 Å². The van der Waals surface area contributed by atoms with E-state index in [0.29, 0.717) is 5.69 Å². The summed E-state index contributed by atoms with van der Waals surface area (Å²) in [6, 6.07) is 3.38. The standard InChI is InChI=1S/C10H14N2O3/c1-7(10(14)15)6-12(2)9(13)8-4-3-5-11-8/h3-5,7,11H,6H2,1-2H3,(H,14,15). The molecule has 0 aliphatic carbocycles. The van der Waals surface area contributed by atoms with Gasteiger partial charge in [-0.05, 0) is 12.1 Å². The largest absolute Gasteiger partial charge is 0.481 e. The van der Waals surface area contributed by atoms with E-state index in [1.54, 1.807) is 32.3 Å². The number of aliphatic carboxylic acids is 1. The van der Waals surface area contributed by atoms with E-state index in [9.17, 15) is 9.59 Å². The second-order valence-corrected chi connectivity index (χ2v) is 3.51. The maximum Gasteiger partial charge on any atom is 0.308 e. The molecule has 15 heavy (non-hydrogen) atoms. The number of H-pyrrole nitrogens is 1. The average Bonchev–Trinajstić information content (AvgIpc) is 2.68. The van der Waals surface area contributed by atoms with Crippen LogP contribution in [-0.4, -0.2) is 40.5 Å². The highest BCUT2D eigenvalue weighted by molar-refractivity contribution is 5.92. The summed E-state index contributed by atoms with van der Waals surface area (Å²) in [5, 5.41) is 8.70. The van der Waals surface area contributed by atoms with Crippen LogP contribution in [0.5, 0.6) is 0 Å². The van der Waals surface area contributed by atoms with Crippen LogP contribution in [0, 0.1) is 5.92 Å². The minimum atomic E-state index is -0.902.